The molecule has 0 radical (unpaired) electrons. The Kier molecular flexibility index (Phi) is 2.90. The van der Waals surface area contributed by atoms with Gasteiger partial charge in [-0.15, -0.1) is 0 Å². The Bertz CT molecular complexity index is 740. The molecule has 4 aliphatic rings. The minimum Gasteiger partial charge on any atom is -0.493 e. The van der Waals surface area contributed by atoms with Crippen LogP contribution in [-0.4, -0.2) is 42.5 Å². The maximum Gasteiger partial charge on any atom is 0.342 e. The van der Waals surface area contributed by atoms with Crippen molar-refractivity contribution >= 4 is 17.5 Å². The summed E-state index contributed by atoms with van der Waals surface area (Å²) in [5, 5.41) is 0. The van der Waals surface area contributed by atoms with Crippen LogP contribution in [0.1, 0.15) is 26.2 Å². The average Bonchev–Trinajstić information content (AvgIpc) is 3.18. The first-order valence-corrected chi connectivity index (χ1v) is 7.60. The van der Waals surface area contributed by atoms with Gasteiger partial charge in [0.05, 0.1) is 12.7 Å². The molecular weight excluding hydrogens is 300 g/mol. The monoisotopic (exact) mass is 316 g/mol. The number of hydrogen-bond acceptors (Lipinski definition) is 6. The van der Waals surface area contributed by atoms with E-state index in [1.807, 2.05) is 13.0 Å². The zero-order valence-electron chi connectivity index (χ0n) is 12.9. The largest absolute Gasteiger partial charge is 0.493 e. The number of fused-ring (bicyclic) bond motifs is 1. The molecule has 2 fully saturated rings. The van der Waals surface area contributed by atoms with Crippen LogP contribution in [0.2, 0.25) is 0 Å². The van der Waals surface area contributed by atoms with Gasteiger partial charge in [-0.25, -0.2) is 4.79 Å². The van der Waals surface area contributed by atoms with Gasteiger partial charge in [0, 0.05) is 11.6 Å². The lowest BCUT2D eigenvalue weighted by molar-refractivity contribution is -0.152. The fourth-order valence-electron chi connectivity index (χ4n) is 3.65. The summed E-state index contributed by atoms with van der Waals surface area (Å²) in [7, 11) is 1.34. The van der Waals surface area contributed by atoms with Crippen molar-refractivity contribution in [3.63, 3.8) is 0 Å². The van der Waals surface area contributed by atoms with E-state index in [9.17, 15) is 14.4 Å². The molecule has 0 N–H and O–H groups in total. The van der Waals surface area contributed by atoms with E-state index >= 15 is 0 Å². The van der Waals surface area contributed by atoms with Crippen LogP contribution < -0.4 is 0 Å². The Hall–Kier alpha value is -2.21. The number of carbonyl (C=O) groups is 3. The van der Waals surface area contributed by atoms with Crippen LogP contribution in [-0.2, 0) is 28.6 Å². The molecule has 0 unspecified atom stereocenters. The summed E-state index contributed by atoms with van der Waals surface area (Å²) in [6.45, 7) is 1.91. The lowest BCUT2D eigenvalue weighted by Gasteiger charge is -2.22. The zero-order chi connectivity index (χ0) is 16.4. The van der Waals surface area contributed by atoms with E-state index in [0.29, 0.717) is 24.8 Å². The smallest absolute Gasteiger partial charge is 0.342 e. The molecule has 0 aromatic carbocycles. The van der Waals surface area contributed by atoms with Crippen molar-refractivity contribution in [2.75, 3.05) is 7.11 Å². The third kappa shape index (κ3) is 1.88. The Morgan fingerprint density at radius 2 is 2.09 bits per heavy atom. The van der Waals surface area contributed by atoms with Crippen molar-refractivity contribution in [1.82, 2.24) is 0 Å². The number of ether oxygens (including phenoxy) is 3. The maximum absolute atomic E-state index is 12.7. The van der Waals surface area contributed by atoms with Gasteiger partial charge in [0.25, 0.3) is 0 Å². The van der Waals surface area contributed by atoms with Gasteiger partial charge < -0.3 is 14.2 Å². The predicted molar refractivity (Wildman–Crippen MR) is 77.2 cm³/mol. The van der Waals surface area contributed by atoms with Gasteiger partial charge in [-0.05, 0) is 26.2 Å². The molecule has 23 heavy (non-hydrogen) atoms. The van der Waals surface area contributed by atoms with Crippen LogP contribution in [0.3, 0.4) is 0 Å². The molecule has 0 amide bonds. The highest BCUT2D eigenvalue weighted by Crippen LogP contribution is 2.53. The highest BCUT2D eigenvalue weighted by Gasteiger charge is 2.73. The first-order valence-electron chi connectivity index (χ1n) is 7.60. The minimum absolute atomic E-state index is 0.0263. The minimum atomic E-state index is -0.950. The predicted octanol–water partition coefficient (Wildman–Crippen LogP) is 1.16. The molecule has 2 aliphatic heterocycles. The van der Waals surface area contributed by atoms with Gasteiger partial charge in [0.15, 0.2) is 23.2 Å². The van der Waals surface area contributed by atoms with E-state index in [-0.39, 0.29) is 17.1 Å². The number of esters is 1. The number of rotatable bonds is 1. The first-order chi connectivity index (χ1) is 11.0. The van der Waals surface area contributed by atoms with Crippen LogP contribution in [0.4, 0.5) is 0 Å². The Morgan fingerprint density at radius 3 is 2.78 bits per heavy atom. The number of ketones is 2. The SMILES string of the molecule is COC1=CC(=O)C2=C(C1=O)[C@H]1OC(=O)[C@]3(CC/C=C(/C)C2)O[C@H]13. The van der Waals surface area contributed by atoms with E-state index in [0.717, 1.165) is 5.57 Å². The Morgan fingerprint density at radius 1 is 1.30 bits per heavy atom. The molecule has 0 saturated carbocycles. The van der Waals surface area contributed by atoms with Crippen LogP contribution in [0, 0.1) is 0 Å². The number of allylic oxidation sites excluding steroid dienone is 5. The summed E-state index contributed by atoms with van der Waals surface area (Å²) in [6.07, 6.45) is 3.45. The summed E-state index contributed by atoms with van der Waals surface area (Å²) < 4.78 is 16.1. The Balaban J connectivity index is 1.86. The van der Waals surface area contributed by atoms with Gasteiger partial charge in [-0.3, -0.25) is 9.59 Å². The second kappa shape index (κ2) is 4.64. The van der Waals surface area contributed by atoms with Crippen molar-refractivity contribution in [3.05, 3.63) is 34.6 Å². The second-order valence-electron chi connectivity index (χ2n) is 6.32. The zero-order valence-corrected chi connectivity index (χ0v) is 12.9. The van der Waals surface area contributed by atoms with E-state index in [2.05, 4.69) is 0 Å². The molecule has 6 heteroatoms. The summed E-state index contributed by atoms with van der Waals surface area (Å²) >= 11 is 0. The molecular formula is C17H16O6. The molecule has 120 valence electrons. The summed E-state index contributed by atoms with van der Waals surface area (Å²) in [6, 6.07) is 0. The van der Waals surface area contributed by atoms with Crippen molar-refractivity contribution in [1.29, 1.82) is 0 Å². The quantitative estimate of drug-likeness (QED) is 0.312. The highest BCUT2D eigenvalue weighted by molar-refractivity contribution is 6.23. The molecule has 2 saturated heterocycles. The third-order valence-electron chi connectivity index (χ3n) is 4.92. The molecule has 2 heterocycles. The van der Waals surface area contributed by atoms with Crippen LogP contribution >= 0.6 is 0 Å². The normalized spacial score (nSPS) is 38.1. The fraction of sp³-hybridized carbons (Fsp3) is 0.471. The highest BCUT2D eigenvalue weighted by atomic mass is 16.7. The van der Waals surface area contributed by atoms with Crippen LogP contribution in [0.5, 0.6) is 0 Å². The third-order valence-corrected chi connectivity index (χ3v) is 4.92. The number of methoxy groups -OCH3 is 1. The fourth-order valence-corrected chi connectivity index (χ4v) is 3.65. The molecule has 3 atom stereocenters. The standard InChI is InChI=1S/C17H16O6/c1-8-4-3-5-17-15(23-17)14(22-16(17)20)12-9(6-8)10(18)7-11(21-2)13(12)19/h4,7,14-15H,3,5-6H2,1-2H3/b8-4-/t14-,15-,17-/m1/s1. The van der Waals surface area contributed by atoms with Crippen molar-refractivity contribution < 1.29 is 28.6 Å². The van der Waals surface area contributed by atoms with Crippen molar-refractivity contribution in [2.24, 2.45) is 0 Å². The van der Waals surface area contributed by atoms with E-state index in [4.69, 9.17) is 14.2 Å². The summed E-state index contributed by atoms with van der Waals surface area (Å²) in [4.78, 5) is 37.4. The van der Waals surface area contributed by atoms with E-state index in [1.54, 1.807) is 0 Å². The first kappa shape index (κ1) is 14.4. The van der Waals surface area contributed by atoms with Crippen LogP contribution in [0.15, 0.2) is 34.6 Å². The molecule has 0 aromatic rings. The maximum atomic E-state index is 12.7. The van der Waals surface area contributed by atoms with Gasteiger partial charge in [0.2, 0.25) is 5.78 Å². The molecule has 2 bridgehead atoms. The topological polar surface area (TPSA) is 82.2 Å². The molecule has 0 spiro atoms. The van der Waals surface area contributed by atoms with Crippen molar-refractivity contribution in [3.8, 4) is 0 Å². The van der Waals surface area contributed by atoms with Crippen molar-refractivity contribution in [2.45, 2.75) is 44.0 Å². The number of epoxide rings is 1. The summed E-state index contributed by atoms with van der Waals surface area (Å²) in [5.41, 5.74) is 0.613. The van der Waals surface area contributed by atoms with Gasteiger partial charge in [-0.2, -0.15) is 0 Å². The second-order valence-corrected chi connectivity index (χ2v) is 6.32. The number of carbonyl (C=O) groups excluding carboxylic acids is 3. The van der Waals surface area contributed by atoms with Gasteiger partial charge >= 0.3 is 5.97 Å². The van der Waals surface area contributed by atoms with Gasteiger partial charge in [0.1, 0.15) is 6.10 Å². The summed E-state index contributed by atoms with van der Waals surface area (Å²) in [5.74, 6) is -1.15. The lowest BCUT2D eigenvalue weighted by atomic mass is 9.83. The number of Topliss-reactive ketones (excluding diaryl/α,β-unsaturated/α-hetero) is 1. The molecule has 2 aliphatic carbocycles. The molecule has 4 rings (SSSR count). The Labute approximate surface area is 132 Å². The van der Waals surface area contributed by atoms with E-state index in [1.165, 1.54) is 13.2 Å². The van der Waals surface area contributed by atoms with E-state index < -0.39 is 29.6 Å². The molecule has 0 aromatic heterocycles. The lowest BCUT2D eigenvalue weighted by Crippen LogP contribution is -2.31. The number of hydrogen-bond donors (Lipinski definition) is 0. The van der Waals surface area contributed by atoms with Gasteiger partial charge in [-0.1, -0.05) is 11.6 Å². The molecule has 6 nitrogen and oxygen atoms in total. The average molecular weight is 316 g/mol. The van der Waals surface area contributed by atoms with Crippen LogP contribution in [0.25, 0.3) is 0 Å².